The van der Waals surface area contributed by atoms with Crippen LogP contribution in [0.5, 0.6) is 0 Å². The van der Waals surface area contributed by atoms with Crippen molar-refractivity contribution in [3.05, 3.63) is 30.1 Å². The van der Waals surface area contributed by atoms with Gasteiger partial charge >= 0.3 is 0 Å². The molecule has 0 saturated carbocycles. The molecule has 0 aromatic carbocycles. The second kappa shape index (κ2) is 6.12. The van der Waals surface area contributed by atoms with E-state index in [1.54, 1.807) is 11.1 Å². The fourth-order valence-corrected chi connectivity index (χ4v) is 2.64. The zero-order valence-corrected chi connectivity index (χ0v) is 11.6. The van der Waals surface area contributed by atoms with Gasteiger partial charge in [0.1, 0.15) is 0 Å². The first-order valence-electron chi connectivity index (χ1n) is 6.73. The Morgan fingerprint density at radius 3 is 2.84 bits per heavy atom. The Kier molecular flexibility index (Phi) is 4.50. The summed E-state index contributed by atoms with van der Waals surface area (Å²) >= 11 is 0. The van der Waals surface area contributed by atoms with Crippen molar-refractivity contribution in [2.75, 3.05) is 26.7 Å². The lowest BCUT2D eigenvalue weighted by Crippen LogP contribution is -2.43. The van der Waals surface area contributed by atoms with E-state index in [0.29, 0.717) is 6.54 Å². The second-order valence-electron chi connectivity index (χ2n) is 5.23. The molecule has 1 aromatic heterocycles. The molecule has 5 heteroatoms. The zero-order chi connectivity index (χ0) is 13.8. The van der Waals surface area contributed by atoms with Crippen LogP contribution in [0, 0.1) is 0 Å². The Hall–Kier alpha value is -1.46. The highest BCUT2D eigenvalue weighted by atomic mass is 16.2. The molecule has 2 rings (SSSR count). The number of nitrogens with zero attached hydrogens (tertiary/aromatic N) is 3. The number of hydrogen-bond acceptors (Lipinski definition) is 4. The summed E-state index contributed by atoms with van der Waals surface area (Å²) in [7, 11) is 1.86. The minimum absolute atomic E-state index is 0.0413. The summed E-state index contributed by atoms with van der Waals surface area (Å²) in [5.74, 6) is 0.159. The third-order valence-electron chi connectivity index (χ3n) is 3.62. The highest BCUT2D eigenvalue weighted by Crippen LogP contribution is 2.24. The summed E-state index contributed by atoms with van der Waals surface area (Å²) < 4.78 is 0. The number of pyridine rings is 1. The molecule has 1 aromatic rings. The van der Waals surface area contributed by atoms with Gasteiger partial charge in [-0.15, -0.1) is 0 Å². The molecule has 5 nitrogen and oxygen atoms in total. The molecule has 1 aliphatic rings. The molecule has 1 amide bonds. The number of aromatic nitrogens is 1. The van der Waals surface area contributed by atoms with Crippen LogP contribution in [0.2, 0.25) is 0 Å². The summed E-state index contributed by atoms with van der Waals surface area (Å²) in [4.78, 5) is 20.1. The summed E-state index contributed by atoms with van der Waals surface area (Å²) in [6.45, 7) is 4.11. The molecule has 0 radical (unpaired) electrons. The van der Waals surface area contributed by atoms with Crippen LogP contribution >= 0.6 is 0 Å². The van der Waals surface area contributed by atoms with Gasteiger partial charge in [-0.2, -0.15) is 0 Å². The van der Waals surface area contributed by atoms with Crippen molar-refractivity contribution in [3.63, 3.8) is 0 Å². The van der Waals surface area contributed by atoms with Crippen LogP contribution in [-0.4, -0.2) is 53.4 Å². The number of carbonyl (C=O) groups excluding carboxylic acids is 1. The first-order chi connectivity index (χ1) is 9.09. The smallest absolute Gasteiger partial charge is 0.236 e. The molecule has 1 fully saturated rings. The summed E-state index contributed by atoms with van der Waals surface area (Å²) in [5, 5.41) is 0. The number of rotatable bonds is 3. The van der Waals surface area contributed by atoms with Gasteiger partial charge in [-0.1, -0.05) is 6.07 Å². The van der Waals surface area contributed by atoms with Crippen molar-refractivity contribution in [1.82, 2.24) is 14.8 Å². The molecule has 2 atom stereocenters. The first-order valence-corrected chi connectivity index (χ1v) is 6.73. The standard InChI is InChI=1S/C14H22N4O/c1-11(15)14(12-5-3-6-16-9-12)18-8-4-7-17(2)13(19)10-18/h3,5-6,9,11,14H,4,7-8,10,15H2,1-2H3. The van der Waals surface area contributed by atoms with E-state index < -0.39 is 0 Å². The average Bonchev–Trinajstić information content (AvgIpc) is 2.53. The van der Waals surface area contributed by atoms with Gasteiger partial charge in [-0.3, -0.25) is 14.7 Å². The average molecular weight is 262 g/mol. The van der Waals surface area contributed by atoms with Crippen LogP contribution in [0.25, 0.3) is 0 Å². The molecule has 0 bridgehead atoms. The van der Waals surface area contributed by atoms with E-state index >= 15 is 0 Å². The van der Waals surface area contributed by atoms with Crippen molar-refractivity contribution in [2.24, 2.45) is 5.73 Å². The molecule has 104 valence electrons. The molecule has 2 N–H and O–H groups in total. The number of carbonyl (C=O) groups is 1. The Morgan fingerprint density at radius 1 is 1.42 bits per heavy atom. The van der Waals surface area contributed by atoms with E-state index in [2.05, 4.69) is 9.88 Å². The second-order valence-corrected chi connectivity index (χ2v) is 5.23. The molecular formula is C14H22N4O. The molecule has 1 aliphatic heterocycles. The topological polar surface area (TPSA) is 62.5 Å². The normalized spacial score (nSPS) is 21.0. The Labute approximate surface area is 114 Å². The largest absolute Gasteiger partial charge is 0.345 e. The lowest BCUT2D eigenvalue weighted by Gasteiger charge is -2.32. The van der Waals surface area contributed by atoms with Crippen LogP contribution in [0.15, 0.2) is 24.5 Å². The van der Waals surface area contributed by atoms with Gasteiger partial charge in [-0.25, -0.2) is 0 Å². The molecule has 0 spiro atoms. The van der Waals surface area contributed by atoms with Gasteiger partial charge in [0.25, 0.3) is 0 Å². The molecular weight excluding hydrogens is 240 g/mol. The van der Waals surface area contributed by atoms with Gasteiger partial charge in [-0.05, 0) is 25.0 Å². The molecule has 0 aliphatic carbocycles. The van der Waals surface area contributed by atoms with Crippen molar-refractivity contribution >= 4 is 5.91 Å². The van der Waals surface area contributed by atoms with E-state index in [9.17, 15) is 4.79 Å². The van der Waals surface area contributed by atoms with Crippen molar-refractivity contribution in [1.29, 1.82) is 0 Å². The SMILES string of the molecule is CC(N)C(c1cccnc1)N1CCCN(C)C(=O)C1. The van der Waals surface area contributed by atoms with Gasteiger partial charge in [0.15, 0.2) is 0 Å². The molecule has 2 heterocycles. The van der Waals surface area contributed by atoms with E-state index in [0.717, 1.165) is 25.1 Å². The van der Waals surface area contributed by atoms with E-state index in [1.165, 1.54) is 0 Å². The summed E-state index contributed by atoms with van der Waals surface area (Å²) in [5.41, 5.74) is 7.21. The number of hydrogen-bond donors (Lipinski definition) is 1. The fraction of sp³-hybridized carbons (Fsp3) is 0.571. The van der Waals surface area contributed by atoms with Crippen LogP contribution in [-0.2, 0) is 4.79 Å². The lowest BCUT2D eigenvalue weighted by atomic mass is 10.0. The quantitative estimate of drug-likeness (QED) is 0.868. The predicted octanol–water partition coefficient (Wildman–Crippen LogP) is 0.634. The van der Waals surface area contributed by atoms with Crippen LogP contribution in [0.1, 0.15) is 24.9 Å². The van der Waals surface area contributed by atoms with Crippen molar-refractivity contribution < 1.29 is 4.79 Å². The summed E-state index contributed by atoms with van der Waals surface area (Å²) in [6.07, 6.45) is 4.57. The number of likely N-dealkylation sites (N-methyl/N-ethyl adjacent to an activating group) is 1. The fourth-order valence-electron chi connectivity index (χ4n) is 2.64. The molecule has 19 heavy (non-hydrogen) atoms. The minimum Gasteiger partial charge on any atom is -0.345 e. The number of amides is 1. The minimum atomic E-state index is -0.0413. The summed E-state index contributed by atoms with van der Waals surface area (Å²) in [6, 6.07) is 3.95. The molecule has 2 unspecified atom stereocenters. The maximum Gasteiger partial charge on any atom is 0.236 e. The highest BCUT2D eigenvalue weighted by Gasteiger charge is 2.28. The van der Waals surface area contributed by atoms with Crippen LogP contribution in [0.4, 0.5) is 0 Å². The third-order valence-corrected chi connectivity index (χ3v) is 3.62. The lowest BCUT2D eigenvalue weighted by molar-refractivity contribution is -0.130. The Balaban J connectivity index is 2.22. The number of nitrogens with two attached hydrogens (primary N) is 1. The third kappa shape index (κ3) is 3.30. The van der Waals surface area contributed by atoms with E-state index in [-0.39, 0.29) is 18.0 Å². The monoisotopic (exact) mass is 262 g/mol. The maximum atomic E-state index is 12.0. The van der Waals surface area contributed by atoms with Crippen LogP contribution < -0.4 is 5.73 Å². The van der Waals surface area contributed by atoms with Gasteiger partial charge in [0.2, 0.25) is 5.91 Å². The molecule has 1 saturated heterocycles. The zero-order valence-electron chi connectivity index (χ0n) is 11.6. The first kappa shape index (κ1) is 14.0. The van der Waals surface area contributed by atoms with Crippen molar-refractivity contribution in [3.8, 4) is 0 Å². The Morgan fingerprint density at radius 2 is 2.21 bits per heavy atom. The van der Waals surface area contributed by atoms with Gasteiger partial charge in [0.05, 0.1) is 12.6 Å². The van der Waals surface area contributed by atoms with Gasteiger partial charge < -0.3 is 10.6 Å². The van der Waals surface area contributed by atoms with Gasteiger partial charge in [0, 0.05) is 38.6 Å². The van der Waals surface area contributed by atoms with Crippen molar-refractivity contribution in [2.45, 2.75) is 25.4 Å². The van der Waals surface area contributed by atoms with E-state index in [4.69, 9.17) is 5.73 Å². The maximum absolute atomic E-state index is 12.0. The Bertz CT molecular complexity index is 421. The highest BCUT2D eigenvalue weighted by molar-refractivity contribution is 5.78. The van der Waals surface area contributed by atoms with Crippen LogP contribution in [0.3, 0.4) is 0 Å². The predicted molar refractivity (Wildman–Crippen MR) is 74.5 cm³/mol. The van der Waals surface area contributed by atoms with E-state index in [1.807, 2.05) is 32.3 Å².